The second kappa shape index (κ2) is 6.51. The van der Waals surface area contributed by atoms with Crippen molar-refractivity contribution in [2.45, 2.75) is 19.3 Å². The van der Waals surface area contributed by atoms with E-state index in [2.05, 4.69) is 20.4 Å². The first-order valence-electron chi connectivity index (χ1n) is 6.22. The number of rotatable bonds is 7. The second-order valence-corrected chi connectivity index (χ2v) is 5.25. The van der Waals surface area contributed by atoms with Crippen LogP contribution in [-0.2, 0) is 20.7 Å². The van der Waals surface area contributed by atoms with Crippen LogP contribution in [0.15, 0.2) is 5.38 Å². The lowest BCUT2D eigenvalue weighted by molar-refractivity contribution is -0.139. The van der Waals surface area contributed by atoms with Crippen LogP contribution in [0.1, 0.15) is 18.5 Å². The van der Waals surface area contributed by atoms with Gasteiger partial charge in [0, 0.05) is 24.4 Å². The number of ether oxygens (including phenoxy) is 1. The van der Waals surface area contributed by atoms with Gasteiger partial charge in [-0.2, -0.15) is 0 Å². The zero-order chi connectivity index (χ0) is 13.7. The summed E-state index contributed by atoms with van der Waals surface area (Å²) in [5, 5.41) is 8.55. The largest absolute Gasteiger partial charge is 0.469 e. The Morgan fingerprint density at radius 1 is 1.47 bits per heavy atom. The smallest absolute Gasteiger partial charge is 0.311 e. The van der Waals surface area contributed by atoms with E-state index in [1.165, 1.54) is 18.4 Å². The molecule has 1 aromatic rings. The molecular weight excluding hydrogens is 266 g/mol. The van der Waals surface area contributed by atoms with Crippen molar-refractivity contribution in [2.24, 2.45) is 5.92 Å². The van der Waals surface area contributed by atoms with Crippen molar-refractivity contribution in [1.29, 1.82) is 0 Å². The third kappa shape index (κ3) is 4.51. The lowest BCUT2D eigenvalue weighted by Crippen LogP contribution is -2.29. The number of hydrogen-bond acceptors (Lipinski definition) is 6. The maximum atomic E-state index is 11.4. The van der Waals surface area contributed by atoms with Crippen LogP contribution in [-0.4, -0.2) is 37.1 Å². The number of anilines is 1. The van der Waals surface area contributed by atoms with Gasteiger partial charge in [-0.3, -0.25) is 9.59 Å². The van der Waals surface area contributed by atoms with E-state index in [1.54, 1.807) is 0 Å². The zero-order valence-corrected chi connectivity index (χ0v) is 11.6. The van der Waals surface area contributed by atoms with Crippen LogP contribution in [0.4, 0.5) is 5.13 Å². The van der Waals surface area contributed by atoms with Gasteiger partial charge in [-0.15, -0.1) is 11.3 Å². The fourth-order valence-electron chi connectivity index (χ4n) is 1.53. The monoisotopic (exact) mass is 283 g/mol. The minimum Gasteiger partial charge on any atom is -0.469 e. The molecule has 1 aliphatic carbocycles. The SMILES string of the molecule is COC(=O)Cc1csc(NCCNC(=O)C2CC2)n1. The zero-order valence-electron chi connectivity index (χ0n) is 10.8. The summed E-state index contributed by atoms with van der Waals surface area (Å²) in [4.78, 5) is 26.7. The summed E-state index contributed by atoms with van der Waals surface area (Å²) < 4.78 is 4.57. The molecule has 0 bridgehead atoms. The minimum atomic E-state index is -0.298. The number of carbonyl (C=O) groups excluding carboxylic acids is 2. The molecule has 19 heavy (non-hydrogen) atoms. The van der Waals surface area contributed by atoms with Gasteiger partial charge in [-0.05, 0) is 12.8 Å². The third-order valence-corrected chi connectivity index (χ3v) is 3.60. The van der Waals surface area contributed by atoms with Crippen LogP contribution in [0.3, 0.4) is 0 Å². The van der Waals surface area contributed by atoms with Crippen molar-refractivity contribution in [3.05, 3.63) is 11.1 Å². The second-order valence-electron chi connectivity index (χ2n) is 4.39. The highest BCUT2D eigenvalue weighted by molar-refractivity contribution is 7.13. The average molecular weight is 283 g/mol. The maximum absolute atomic E-state index is 11.4. The summed E-state index contributed by atoms with van der Waals surface area (Å²) in [7, 11) is 1.36. The van der Waals surface area contributed by atoms with Gasteiger partial charge in [0.15, 0.2) is 5.13 Å². The van der Waals surface area contributed by atoms with Crippen LogP contribution in [0.5, 0.6) is 0 Å². The van der Waals surface area contributed by atoms with Crippen LogP contribution in [0.25, 0.3) is 0 Å². The topological polar surface area (TPSA) is 80.3 Å². The predicted molar refractivity (Wildman–Crippen MR) is 72.1 cm³/mol. The van der Waals surface area contributed by atoms with E-state index in [0.717, 1.165) is 18.0 Å². The number of amides is 1. The molecule has 2 N–H and O–H groups in total. The Labute approximate surface area is 115 Å². The molecular formula is C12H17N3O3S. The summed E-state index contributed by atoms with van der Waals surface area (Å²) in [6, 6.07) is 0. The van der Waals surface area contributed by atoms with Gasteiger partial charge < -0.3 is 15.4 Å². The normalized spacial score (nSPS) is 13.9. The summed E-state index contributed by atoms with van der Waals surface area (Å²) in [5.41, 5.74) is 0.696. The number of esters is 1. The number of aromatic nitrogens is 1. The van der Waals surface area contributed by atoms with E-state index in [4.69, 9.17) is 0 Å². The van der Waals surface area contributed by atoms with Gasteiger partial charge in [-0.1, -0.05) is 0 Å². The van der Waals surface area contributed by atoms with E-state index in [-0.39, 0.29) is 24.2 Å². The Hall–Kier alpha value is -1.63. The molecule has 1 saturated carbocycles. The lowest BCUT2D eigenvalue weighted by Gasteiger charge is -2.04. The number of carbonyl (C=O) groups is 2. The van der Waals surface area contributed by atoms with Crippen molar-refractivity contribution < 1.29 is 14.3 Å². The molecule has 0 aliphatic heterocycles. The van der Waals surface area contributed by atoms with Gasteiger partial charge in [-0.25, -0.2) is 4.98 Å². The summed E-state index contributed by atoms with van der Waals surface area (Å²) >= 11 is 1.44. The average Bonchev–Trinajstić information content (AvgIpc) is 3.17. The maximum Gasteiger partial charge on any atom is 0.311 e. The van der Waals surface area contributed by atoms with Gasteiger partial charge >= 0.3 is 5.97 Å². The van der Waals surface area contributed by atoms with Crippen molar-refractivity contribution in [3.8, 4) is 0 Å². The van der Waals surface area contributed by atoms with Crippen molar-refractivity contribution >= 4 is 28.3 Å². The Kier molecular flexibility index (Phi) is 4.73. The predicted octanol–water partition coefficient (Wildman–Crippen LogP) is 0.797. The van der Waals surface area contributed by atoms with Crippen molar-refractivity contribution in [2.75, 3.05) is 25.5 Å². The molecule has 0 spiro atoms. The number of methoxy groups -OCH3 is 1. The Morgan fingerprint density at radius 3 is 2.95 bits per heavy atom. The molecule has 0 aromatic carbocycles. The molecule has 7 heteroatoms. The van der Waals surface area contributed by atoms with Crippen molar-refractivity contribution in [1.82, 2.24) is 10.3 Å². The molecule has 104 valence electrons. The molecule has 0 unspecified atom stereocenters. The molecule has 0 saturated heterocycles. The quantitative estimate of drug-likeness (QED) is 0.571. The van der Waals surface area contributed by atoms with Gasteiger partial charge in [0.05, 0.1) is 19.2 Å². The molecule has 2 rings (SSSR count). The van der Waals surface area contributed by atoms with E-state index in [1.807, 2.05) is 5.38 Å². The lowest BCUT2D eigenvalue weighted by atomic mass is 10.3. The molecule has 1 amide bonds. The number of nitrogens with one attached hydrogen (secondary N) is 2. The molecule has 0 atom stereocenters. The van der Waals surface area contributed by atoms with Crippen LogP contribution < -0.4 is 10.6 Å². The number of hydrogen-bond donors (Lipinski definition) is 2. The highest BCUT2D eigenvalue weighted by Gasteiger charge is 2.28. The van der Waals surface area contributed by atoms with E-state index < -0.39 is 0 Å². The third-order valence-electron chi connectivity index (χ3n) is 2.75. The molecule has 6 nitrogen and oxygen atoms in total. The van der Waals surface area contributed by atoms with Gasteiger partial charge in [0.2, 0.25) is 5.91 Å². The fourth-order valence-corrected chi connectivity index (χ4v) is 2.27. The highest BCUT2D eigenvalue weighted by Crippen LogP contribution is 2.28. The Balaban J connectivity index is 1.65. The first-order chi connectivity index (χ1) is 9.19. The van der Waals surface area contributed by atoms with Crippen molar-refractivity contribution in [3.63, 3.8) is 0 Å². The van der Waals surface area contributed by atoms with Gasteiger partial charge in [0.1, 0.15) is 0 Å². The van der Waals surface area contributed by atoms with E-state index >= 15 is 0 Å². The van der Waals surface area contributed by atoms with E-state index in [9.17, 15) is 9.59 Å². The molecule has 1 fully saturated rings. The summed E-state index contributed by atoms with van der Waals surface area (Å²) in [6.07, 6.45) is 2.22. The van der Waals surface area contributed by atoms with Gasteiger partial charge in [0.25, 0.3) is 0 Å². The summed E-state index contributed by atoms with van der Waals surface area (Å²) in [5.74, 6) is 0.0902. The Bertz CT molecular complexity index is 457. The molecule has 1 aromatic heterocycles. The Morgan fingerprint density at radius 2 is 2.26 bits per heavy atom. The first-order valence-corrected chi connectivity index (χ1v) is 7.10. The first kappa shape index (κ1) is 13.8. The summed E-state index contributed by atoms with van der Waals surface area (Å²) in [6.45, 7) is 1.21. The van der Waals surface area contributed by atoms with E-state index in [0.29, 0.717) is 18.8 Å². The van der Waals surface area contributed by atoms with Crippen LogP contribution in [0, 0.1) is 5.92 Å². The molecule has 1 aliphatic rings. The minimum absolute atomic E-state index is 0.146. The highest BCUT2D eigenvalue weighted by atomic mass is 32.1. The number of thiazole rings is 1. The standard InChI is InChI=1S/C12H17N3O3S/c1-18-10(16)6-9-7-19-12(15-9)14-5-4-13-11(17)8-2-3-8/h7-8H,2-6H2,1H3,(H,13,17)(H,14,15). The van der Waals surface area contributed by atoms with Crippen LogP contribution in [0.2, 0.25) is 0 Å². The molecule has 1 heterocycles. The fraction of sp³-hybridized carbons (Fsp3) is 0.583. The molecule has 0 radical (unpaired) electrons. The number of nitrogens with zero attached hydrogens (tertiary/aromatic N) is 1. The van der Waals surface area contributed by atoms with Crippen LogP contribution >= 0.6 is 11.3 Å².